The molecule has 32 heavy (non-hydrogen) atoms. The summed E-state index contributed by atoms with van der Waals surface area (Å²) < 4.78 is 15.7. The molecule has 0 aliphatic heterocycles. The number of halogens is 1. The number of pyridine rings is 1. The van der Waals surface area contributed by atoms with Crippen molar-refractivity contribution < 1.29 is 19.4 Å². The Bertz CT molecular complexity index is 1100. The molecule has 1 saturated carbocycles. The van der Waals surface area contributed by atoms with Crippen molar-refractivity contribution in [3.63, 3.8) is 0 Å². The molecule has 3 heterocycles. The molecular formula is C22H27FN6O3. The Kier molecular flexibility index (Phi) is 6.07. The Morgan fingerprint density at radius 1 is 1.38 bits per heavy atom. The minimum absolute atomic E-state index is 0.167. The molecule has 0 aromatic carbocycles. The smallest absolute Gasteiger partial charge is 0.256 e. The van der Waals surface area contributed by atoms with Gasteiger partial charge in [0.25, 0.3) is 5.91 Å². The van der Waals surface area contributed by atoms with Crippen molar-refractivity contribution in [1.29, 1.82) is 0 Å². The maximum absolute atomic E-state index is 14.2. The number of alkyl halides is 1. The number of aliphatic hydroxyl groups is 2. The van der Waals surface area contributed by atoms with Crippen LogP contribution in [0.15, 0.2) is 36.8 Å². The van der Waals surface area contributed by atoms with Gasteiger partial charge in [-0.15, -0.1) is 0 Å². The Morgan fingerprint density at radius 3 is 2.84 bits per heavy atom. The van der Waals surface area contributed by atoms with Crippen LogP contribution in [-0.2, 0) is 0 Å². The standard InChI is InChI=1S/C22H27FN6O3/c1-22(2,32)18(23)12-26-21(31)14-11-25-19-9-16(13-5-4-8-24-10-13)28-29(19)20(14)27-15-6-3-7-17(15)30/h4-5,8-11,15,17-18,27,30,32H,3,6-7,12H2,1-2H3,(H,26,31)/t15-,17+,18+/m0/s1. The molecule has 0 bridgehead atoms. The van der Waals surface area contributed by atoms with Crippen LogP contribution in [-0.4, -0.2) is 66.2 Å². The lowest BCUT2D eigenvalue weighted by atomic mass is 10.0. The largest absolute Gasteiger partial charge is 0.391 e. The molecule has 10 heteroatoms. The van der Waals surface area contributed by atoms with E-state index in [2.05, 4.69) is 25.7 Å². The summed E-state index contributed by atoms with van der Waals surface area (Å²) in [5.74, 6) is -0.188. The lowest BCUT2D eigenvalue weighted by molar-refractivity contribution is -0.00178. The number of aromatic nitrogens is 4. The first kappa shape index (κ1) is 22.1. The van der Waals surface area contributed by atoms with Gasteiger partial charge in [0.1, 0.15) is 17.6 Å². The van der Waals surface area contributed by atoms with E-state index in [1.807, 2.05) is 6.07 Å². The van der Waals surface area contributed by atoms with Crippen LogP contribution < -0.4 is 10.6 Å². The monoisotopic (exact) mass is 442 g/mol. The maximum Gasteiger partial charge on any atom is 0.256 e. The number of rotatable bonds is 7. The van der Waals surface area contributed by atoms with Gasteiger partial charge in [-0.05, 0) is 45.2 Å². The van der Waals surface area contributed by atoms with Crippen LogP contribution in [0.1, 0.15) is 43.5 Å². The molecule has 170 valence electrons. The van der Waals surface area contributed by atoms with Gasteiger partial charge in [-0.2, -0.15) is 9.61 Å². The normalized spacial score (nSPS) is 19.8. The highest BCUT2D eigenvalue weighted by molar-refractivity contribution is 5.99. The first-order valence-electron chi connectivity index (χ1n) is 10.6. The highest BCUT2D eigenvalue weighted by atomic mass is 19.1. The lowest BCUT2D eigenvalue weighted by Gasteiger charge is -2.23. The van der Waals surface area contributed by atoms with Crippen LogP contribution in [0.25, 0.3) is 16.9 Å². The number of carbonyl (C=O) groups excluding carboxylic acids is 1. The molecule has 9 nitrogen and oxygen atoms in total. The molecule has 4 rings (SSSR count). The molecule has 1 amide bonds. The van der Waals surface area contributed by atoms with E-state index in [1.165, 1.54) is 24.6 Å². The Hall–Kier alpha value is -3.11. The SMILES string of the molecule is CC(C)(O)[C@H](F)CNC(=O)c1cnc2cc(-c3cccnc3)nn2c1N[C@H]1CCC[C@H]1O. The van der Waals surface area contributed by atoms with E-state index >= 15 is 0 Å². The fourth-order valence-corrected chi connectivity index (χ4v) is 3.71. The van der Waals surface area contributed by atoms with Crippen molar-refractivity contribution in [3.8, 4) is 11.3 Å². The quantitative estimate of drug-likeness (QED) is 0.441. The van der Waals surface area contributed by atoms with Crippen molar-refractivity contribution in [3.05, 3.63) is 42.4 Å². The average Bonchev–Trinajstić information content (AvgIpc) is 3.38. The summed E-state index contributed by atoms with van der Waals surface area (Å²) in [6.45, 7) is 2.33. The van der Waals surface area contributed by atoms with Gasteiger partial charge in [-0.1, -0.05) is 0 Å². The Labute approximate surface area is 184 Å². The van der Waals surface area contributed by atoms with E-state index in [9.17, 15) is 19.4 Å². The van der Waals surface area contributed by atoms with Crippen LogP contribution in [0.5, 0.6) is 0 Å². The van der Waals surface area contributed by atoms with E-state index < -0.39 is 23.8 Å². The van der Waals surface area contributed by atoms with Crippen LogP contribution >= 0.6 is 0 Å². The predicted octanol–water partition coefficient (Wildman–Crippen LogP) is 1.96. The summed E-state index contributed by atoms with van der Waals surface area (Å²) in [5.41, 5.74) is 0.520. The molecule has 3 aromatic rings. The van der Waals surface area contributed by atoms with Gasteiger partial charge in [-0.25, -0.2) is 9.37 Å². The number of aliphatic hydroxyl groups excluding tert-OH is 1. The van der Waals surface area contributed by atoms with E-state index in [1.54, 1.807) is 24.5 Å². The number of nitrogens with zero attached hydrogens (tertiary/aromatic N) is 4. The molecule has 3 atom stereocenters. The number of anilines is 1. The molecule has 1 aliphatic carbocycles. The first-order chi connectivity index (χ1) is 15.2. The van der Waals surface area contributed by atoms with Gasteiger partial charge >= 0.3 is 0 Å². The number of fused-ring (bicyclic) bond motifs is 1. The summed E-state index contributed by atoms with van der Waals surface area (Å²) >= 11 is 0. The van der Waals surface area contributed by atoms with Crippen LogP contribution in [0.4, 0.5) is 10.2 Å². The van der Waals surface area contributed by atoms with Crippen LogP contribution in [0, 0.1) is 0 Å². The summed E-state index contributed by atoms with van der Waals surface area (Å²) in [6, 6.07) is 5.20. The van der Waals surface area contributed by atoms with E-state index in [-0.39, 0.29) is 18.2 Å². The van der Waals surface area contributed by atoms with Crippen molar-refractivity contribution in [2.24, 2.45) is 0 Å². The fraction of sp³-hybridized carbons (Fsp3) is 0.455. The number of hydrogen-bond acceptors (Lipinski definition) is 7. The Balaban J connectivity index is 1.70. The van der Waals surface area contributed by atoms with Gasteiger partial charge < -0.3 is 20.8 Å². The molecule has 1 fully saturated rings. The molecule has 0 spiro atoms. The second-order valence-electron chi connectivity index (χ2n) is 8.64. The zero-order valence-corrected chi connectivity index (χ0v) is 18.0. The fourth-order valence-electron chi connectivity index (χ4n) is 3.71. The molecular weight excluding hydrogens is 415 g/mol. The highest BCUT2D eigenvalue weighted by Crippen LogP contribution is 2.27. The molecule has 0 unspecified atom stereocenters. The van der Waals surface area contributed by atoms with E-state index in [4.69, 9.17) is 0 Å². The highest BCUT2D eigenvalue weighted by Gasteiger charge is 2.30. The Morgan fingerprint density at radius 2 is 2.19 bits per heavy atom. The molecule has 1 aliphatic rings. The third kappa shape index (κ3) is 4.56. The topological polar surface area (TPSA) is 125 Å². The summed E-state index contributed by atoms with van der Waals surface area (Å²) in [7, 11) is 0. The van der Waals surface area contributed by atoms with Gasteiger partial charge in [0.15, 0.2) is 5.65 Å². The molecule has 0 saturated heterocycles. The van der Waals surface area contributed by atoms with Crippen LogP contribution in [0.3, 0.4) is 0 Å². The summed E-state index contributed by atoms with van der Waals surface area (Å²) in [6.07, 6.45) is 4.84. The first-order valence-corrected chi connectivity index (χ1v) is 10.6. The molecule has 3 aromatic heterocycles. The zero-order valence-electron chi connectivity index (χ0n) is 18.0. The van der Waals surface area contributed by atoms with Crippen molar-refractivity contribution in [1.82, 2.24) is 24.9 Å². The van der Waals surface area contributed by atoms with Crippen molar-refractivity contribution in [2.75, 3.05) is 11.9 Å². The van der Waals surface area contributed by atoms with Gasteiger partial charge in [-0.3, -0.25) is 9.78 Å². The third-order valence-electron chi connectivity index (χ3n) is 5.70. The number of hydrogen-bond donors (Lipinski definition) is 4. The second kappa shape index (κ2) is 8.79. The van der Waals surface area contributed by atoms with E-state index in [0.29, 0.717) is 23.6 Å². The van der Waals surface area contributed by atoms with Crippen LogP contribution in [0.2, 0.25) is 0 Å². The zero-order chi connectivity index (χ0) is 22.9. The minimum Gasteiger partial charge on any atom is -0.391 e. The van der Waals surface area contributed by atoms with Crippen molar-refractivity contribution in [2.45, 2.75) is 57.0 Å². The summed E-state index contributed by atoms with van der Waals surface area (Å²) in [4.78, 5) is 21.4. The number of nitrogens with one attached hydrogen (secondary N) is 2. The third-order valence-corrected chi connectivity index (χ3v) is 5.70. The van der Waals surface area contributed by atoms with Gasteiger partial charge in [0.05, 0.1) is 30.0 Å². The minimum atomic E-state index is -1.64. The number of amides is 1. The second-order valence-corrected chi connectivity index (χ2v) is 8.64. The molecule has 4 N–H and O–H groups in total. The predicted molar refractivity (Wildman–Crippen MR) is 117 cm³/mol. The average molecular weight is 442 g/mol. The maximum atomic E-state index is 14.2. The van der Waals surface area contributed by atoms with Crippen molar-refractivity contribution >= 4 is 17.4 Å². The van der Waals surface area contributed by atoms with Gasteiger partial charge in [0.2, 0.25) is 0 Å². The summed E-state index contributed by atoms with van der Waals surface area (Å²) in [5, 5.41) is 30.5. The van der Waals surface area contributed by atoms with Gasteiger partial charge in [0, 0.05) is 30.2 Å². The lowest BCUT2D eigenvalue weighted by Crippen LogP contribution is -2.42. The molecule has 0 radical (unpaired) electrons. The van der Waals surface area contributed by atoms with E-state index in [0.717, 1.165) is 18.4 Å². The number of carbonyl (C=O) groups is 1.